The second-order valence-corrected chi connectivity index (χ2v) is 5.08. The van der Waals surface area contributed by atoms with Gasteiger partial charge >= 0.3 is 0 Å². The standard InChI is InChI=1S/C16H17N5O/c1-12-16(18-15(22)10-20-9-8-17-11-20)13(2)21(19-12)14-6-4-3-5-7-14/h3-9,11H,10H2,1-2H3,(H,18,22). The van der Waals surface area contributed by atoms with E-state index in [1.54, 1.807) is 23.3 Å². The van der Waals surface area contributed by atoms with Gasteiger partial charge in [0, 0.05) is 12.4 Å². The molecule has 0 atom stereocenters. The van der Waals surface area contributed by atoms with E-state index < -0.39 is 0 Å². The van der Waals surface area contributed by atoms with E-state index in [0.717, 1.165) is 22.8 Å². The molecule has 0 aliphatic carbocycles. The molecular formula is C16H17N5O. The summed E-state index contributed by atoms with van der Waals surface area (Å²) in [7, 11) is 0. The summed E-state index contributed by atoms with van der Waals surface area (Å²) in [5, 5.41) is 7.45. The lowest BCUT2D eigenvalue weighted by atomic mass is 10.3. The summed E-state index contributed by atoms with van der Waals surface area (Å²) >= 11 is 0. The van der Waals surface area contributed by atoms with Crippen LogP contribution in [-0.2, 0) is 11.3 Å². The summed E-state index contributed by atoms with van der Waals surface area (Å²) in [5.41, 5.74) is 3.43. The van der Waals surface area contributed by atoms with E-state index in [1.807, 2.05) is 48.9 Å². The summed E-state index contributed by atoms with van der Waals surface area (Å²) in [4.78, 5) is 16.1. The van der Waals surface area contributed by atoms with Gasteiger partial charge in [0.2, 0.25) is 5.91 Å². The fourth-order valence-electron chi connectivity index (χ4n) is 2.37. The zero-order chi connectivity index (χ0) is 15.5. The average Bonchev–Trinajstić information content (AvgIpc) is 3.11. The molecule has 1 N–H and O–H groups in total. The fourth-order valence-corrected chi connectivity index (χ4v) is 2.37. The van der Waals surface area contributed by atoms with Crippen LogP contribution >= 0.6 is 0 Å². The molecule has 6 nitrogen and oxygen atoms in total. The molecule has 0 saturated heterocycles. The van der Waals surface area contributed by atoms with Gasteiger partial charge in [-0.1, -0.05) is 18.2 Å². The van der Waals surface area contributed by atoms with E-state index in [4.69, 9.17) is 0 Å². The Morgan fingerprint density at radius 2 is 2.00 bits per heavy atom. The van der Waals surface area contributed by atoms with Gasteiger partial charge in [0.25, 0.3) is 0 Å². The SMILES string of the molecule is Cc1nn(-c2ccccc2)c(C)c1NC(=O)Cn1ccnc1. The molecule has 0 spiro atoms. The first-order chi connectivity index (χ1) is 10.6. The lowest BCUT2D eigenvalue weighted by Crippen LogP contribution is -2.18. The second kappa shape index (κ2) is 5.85. The molecular weight excluding hydrogens is 278 g/mol. The van der Waals surface area contributed by atoms with Gasteiger partial charge in [-0.25, -0.2) is 9.67 Å². The highest BCUT2D eigenvalue weighted by atomic mass is 16.2. The van der Waals surface area contributed by atoms with Crippen LogP contribution in [0.2, 0.25) is 0 Å². The van der Waals surface area contributed by atoms with Crippen molar-refractivity contribution in [2.75, 3.05) is 5.32 Å². The topological polar surface area (TPSA) is 64.7 Å². The molecule has 0 radical (unpaired) electrons. The third-order valence-electron chi connectivity index (χ3n) is 3.44. The number of rotatable bonds is 4. The van der Waals surface area contributed by atoms with Crippen molar-refractivity contribution in [3.05, 3.63) is 60.4 Å². The molecule has 2 aromatic heterocycles. The zero-order valence-electron chi connectivity index (χ0n) is 12.5. The van der Waals surface area contributed by atoms with E-state index in [0.29, 0.717) is 0 Å². The summed E-state index contributed by atoms with van der Waals surface area (Å²) in [6.45, 7) is 4.06. The Morgan fingerprint density at radius 1 is 1.23 bits per heavy atom. The van der Waals surface area contributed by atoms with Crippen LogP contribution in [0.3, 0.4) is 0 Å². The Balaban J connectivity index is 1.83. The van der Waals surface area contributed by atoms with Crippen molar-refractivity contribution in [3.63, 3.8) is 0 Å². The monoisotopic (exact) mass is 295 g/mol. The van der Waals surface area contributed by atoms with Crippen molar-refractivity contribution in [2.24, 2.45) is 0 Å². The molecule has 0 aliphatic heterocycles. The van der Waals surface area contributed by atoms with Crippen LogP contribution < -0.4 is 5.32 Å². The first-order valence-corrected chi connectivity index (χ1v) is 7.02. The van der Waals surface area contributed by atoms with Crippen molar-refractivity contribution in [2.45, 2.75) is 20.4 Å². The summed E-state index contributed by atoms with van der Waals surface area (Å²) in [6.07, 6.45) is 5.02. The van der Waals surface area contributed by atoms with Gasteiger partial charge in [0.1, 0.15) is 6.54 Å². The Labute approximate surface area is 128 Å². The molecule has 0 bridgehead atoms. The number of benzene rings is 1. The number of amides is 1. The Morgan fingerprint density at radius 3 is 2.68 bits per heavy atom. The summed E-state index contributed by atoms with van der Waals surface area (Å²) < 4.78 is 3.56. The predicted molar refractivity (Wildman–Crippen MR) is 83.9 cm³/mol. The molecule has 1 aromatic carbocycles. The molecule has 0 unspecified atom stereocenters. The van der Waals surface area contributed by atoms with Crippen LogP contribution in [-0.4, -0.2) is 25.2 Å². The van der Waals surface area contributed by atoms with E-state index in [-0.39, 0.29) is 12.5 Å². The van der Waals surface area contributed by atoms with Crippen molar-refractivity contribution in [1.82, 2.24) is 19.3 Å². The van der Waals surface area contributed by atoms with Crippen molar-refractivity contribution in [3.8, 4) is 5.69 Å². The highest BCUT2D eigenvalue weighted by Gasteiger charge is 2.15. The van der Waals surface area contributed by atoms with Crippen LogP contribution in [0.5, 0.6) is 0 Å². The summed E-state index contributed by atoms with van der Waals surface area (Å²) in [6, 6.07) is 9.85. The normalized spacial score (nSPS) is 10.6. The molecule has 112 valence electrons. The number of aromatic nitrogens is 4. The first-order valence-electron chi connectivity index (χ1n) is 7.02. The molecule has 1 amide bonds. The van der Waals surface area contributed by atoms with Gasteiger partial charge in [0.15, 0.2) is 0 Å². The molecule has 0 saturated carbocycles. The number of nitrogens with one attached hydrogen (secondary N) is 1. The quantitative estimate of drug-likeness (QED) is 0.803. The maximum absolute atomic E-state index is 12.1. The highest BCUT2D eigenvalue weighted by molar-refractivity contribution is 5.91. The average molecular weight is 295 g/mol. The van der Waals surface area contributed by atoms with Crippen LogP contribution in [0.25, 0.3) is 5.69 Å². The minimum atomic E-state index is -0.100. The molecule has 3 aromatic rings. The largest absolute Gasteiger partial charge is 0.328 e. The van der Waals surface area contributed by atoms with Crippen LogP contribution in [0.4, 0.5) is 5.69 Å². The van der Waals surface area contributed by atoms with Crippen LogP contribution in [0, 0.1) is 13.8 Å². The maximum atomic E-state index is 12.1. The number of imidazole rings is 1. The third kappa shape index (κ3) is 2.76. The molecule has 2 heterocycles. The van der Waals surface area contributed by atoms with Gasteiger partial charge in [-0.2, -0.15) is 5.10 Å². The van der Waals surface area contributed by atoms with Crippen molar-refractivity contribution >= 4 is 11.6 Å². The predicted octanol–water partition coefficient (Wildman–Crippen LogP) is 2.32. The molecule has 22 heavy (non-hydrogen) atoms. The number of carbonyl (C=O) groups excluding carboxylic acids is 1. The van der Waals surface area contributed by atoms with Gasteiger partial charge in [-0.05, 0) is 26.0 Å². The van der Waals surface area contributed by atoms with E-state index in [9.17, 15) is 4.79 Å². The minimum absolute atomic E-state index is 0.100. The summed E-state index contributed by atoms with van der Waals surface area (Å²) in [5.74, 6) is -0.100. The minimum Gasteiger partial charge on any atom is -0.328 e. The smallest absolute Gasteiger partial charge is 0.244 e. The lowest BCUT2D eigenvalue weighted by Gasteiger charge is -2.07. The van der Waals surface area contributed by atoms with Gasteiger partial charge in [0.05, 0.1) is 29.1 Å². The number of anilines is 1. The Kier molecular flexibility index (Phi) is 3.74. The number of hydrogen-bond acceptors (Lipinski definition) is 3. The highest BCUT2D eigenvalue weighted by Crippen LogP contribution is 2.22. The fraction of sp³-hybridized carbons (Fsp3) is 0.188. The van der Waals surface area contributed by atoms with Crippen LogP contribution in [0.1, 0.15) is 11.4 Å². The second-order valence-electron chi connectivity index (χ2n) is 5.08. The number of nitrogens with zero attached hydrogens (tertiary/aromatic N) is 4. The van der Waals surface area contributed by atoms with E-state index in [1.165, 1.54) is 0 Å². The molecule has 0 aliphatic rings. The molecule has 6 heteroatoms. The van der Waals surface area contributed by atoms with Crippen molar-refractivity contribution in [1.29, 1.82) is 0 Å². The Bertz CT molecular complexity index is 774. The van der Waals surface area contributed by atoms with E-state index in [2.05, 4.69) is 15.4 Å². The van der Waals surface area contributed by atoms with Gasteiger partial charge < -0.3 is 9.88 Å². The maximum Gasteiger partial charge on any atom is 0.244 e. The van der Waals surface area contributed by atoms with Gasteiger partial charge in [-0.3, -0.25) is 4.79 Å². The lowest BCUT2D eigenvalue weighted by molar-refractivity contribution is -0.116. The molecule has 3 rings (SSSR count). The number of aryl methyl sites for hydroxylation is 1. The Hall–Kier alpha value is -2.89. The third-order valence-corrected chi connectivity index (χ3v) is 3.44. The van der Waals surface area contributed by atoms with Crippen molar-refractivity contribution < 1.29 is 4.79 Å². The van der Waals surface area contributed by atoms with Gasteiger partial charge in [-0.15, -0.1) is 0 Å². The zero-order valence-corrected chi connectivity index (χ0v) is 12.5. The first kappa shape index (κ1) is 14.1. The number of carbonyl (C=O) groups is 1. The van der Waals surface area contributed by atoms with E-state index >= 15 is 0 Å². The number of para-hydroxylation sites is 1. The number of hydrogen-bond donors (Lipinski definition) is 1. The molecule has 0 fully saturated rings. The van der Waals surface area contributed by atoms with Crippen LogP contribution in [0.15, 0.2) is 49.1 Å².